The van der Waals surface area contributed by atoms with Gasteiger partial charge in [-0.05, 0) is 42.5 Å². The van der Waals surface area contributed by atoms with Gasteiger partial charge in [0.15, 0.2) is 17.1 Å². The summed E-state index contributed by atoms with van der Waals surface area (Å²) in [5.74, 6) is 0.384. The molecule has 0 saturated carbocycles. The molecule has 3 heterocycles. The smallest absolute Gasteiger partial charge is 0.251 e. The second kappa shape index (κ2) is 6.90. The molecule has 0 bridgehead atoms. The van der Waals surface area contributed by atoms with Gasteiger partial charge >= 0.3 is 0 Å². The summed E-state index contributed by atoms with van der Waals surface area (Å²) >= 11 is 0. The van der Waals surface area contributed by atoms with Crippen molar-refractivity contribution < 1.29 is 18.7 Å². The van der Waals surface area contributed by atoms with E-state index in [0.717, 1.165) is 5.56 Å². The number of hydrogen-bond acceptors (Lipinski definition) is 5. The molecule has 1 N–H and O–H groups in total. The lowest BCUT2D eigenvalue weighted by Gasteiger charge is -2.08. The van der Waals surface area contributed by atoms with E-state index in [2.05, 4.69) is 15.4 Å². The van der Waals surface area contributed by atoms with Gasteiger partial charge in [-0.25, -0.2) is 9.50 Å². The molecule has 2 aromatic carbocycles. The lowest BCUT2D eigenvalue weighted by Crippen LogP contribution is -2.24. The first kappa shape index (κ1) is 17.2. The molecule has 1 aliphatic heterocycles. The number of aromatic nitrogens is 3. The van der Waals surface area contributed by atoms with Crippen molar-refractivity contribution in [1.82, 2.24) is 19.9 Å². The van der Waals surface area contributed by atoms with Crippen molar-refractivity contribution in [2.24, 2.45) is 0 Å². The van der Waals surface area contributed by atoms with E-state index < -0.39 is 5.95 Å². The number of benzene rings is 2. The Balaban J connectivity index is 1.55. The molecular formula is C21H15FN4O3. The fourth-order valence-corrected chi connectivity index (χ4v) is 3.25. The van der Waals surface area contributed by atoms with Crippen LogP contribution in [0.15, 0.2) is 60.7 Å². The zero-order chi connectivity index (χ0) is 19.8. The topological polar surface area (TPSA) is 77.8 Å². The number of nitrogens with zero attached hydrogens (tertiary/aromatic N) is 3. The van der Waals surface area contributed by atoms with Gasteiger partial charge in [0.05, 0.1) is 17.9 Å². The Morgan fingerprint density at radius 1 is 1.07 bits per heavy atom. The predicted octanol–water partition coefficient (Wildman–Crippen LogP) is 3.19. The molecule has 1 amide bonds. The maximum Gasteiger partial charge on any atom is 0.251 e. The van der Waals surface area contributed by atoms with Crippen LogP contribution in [0.4, 0.5) is 4.39 Å². The molecule has 1 aliphatic rings. The molecule has 0 atom stereocenters. The number of hydrogen-bond donors (Lipinski definition) is 1. The Kier molecular flexibility index (Phi) is 4.09. The van der Waals surface area contributed by atoms with Gasteiger partial charge in [-0.3, -0.25) is 4.79 Å². The van der Waals surface area contributed by atoms with Crippen molar-refractivity contribution in [2.75, 3.05) is 6.79 Å². The summed E-state index contributed by atoms with van der Waals surface area (Å²) in [5.41, 5.74) is 2.90. The van der Waals surface area contributed by atoms with Crippen molar-refractivity contribution in [3.8, 4) is 22.8 Å². The largest absolute Gasteiger partial charge is 0.454 e. The molecule has 0 fully saturated rings. The minimum Gasteiger partial charge on any atom is -0.454 e. The highest BCUT2D eigenvalue weighted by atomic mass is 19.1. The van der Waals surface area contributed by atoms with Gasteiger partial charge in [-0.1, -0.05) is 18.2 Å². The lowest BCUT2D eigenvalue weighted by molar-refractivity contribution is 0.0950. The Hall–Kier alpha value is -3.94. The van der Waals surface area contributed by atoms with Crippen LogP contribution in [0.2, 0.25) is 0 Å². The van der Waals surface area contributed by atoms with Gasteiger partial charge in [0.2, 0.25) is 12.7 Å². The number of halogens is 1. The first-order valence-electron chi connectivity index (χ1n) is 8.96. The summed E-state index contributed by atoms with van der Waals surface area (Å²) < 4.78 is 26.0. The monoisotopic (exact) mass is 390 g/mol. The van der Waals surface area contributed by atoms with Crippen molar-refractivity contribution in [2.45, 2.75) is 6.54 Å². The highest BCUT2D eigenvalue weighted by molar-refractivity contribution is 5.94. The van der Waals surface area contributed by atoms with Crippen LogP contribution in [0, 0.1) is 5.95 Å². The molecule has 2 aromatic heterocycles. The first-order chi connectivity index (χ1) is 14.2. The first-order valence-corrected chi connectivity index (χ1v) is 8.96. The van der Waals surface area contributed by atoms with Gasteiger partial charge in [0, 0.05) is 11.1 Å². The minimum absolute atomic E-state index is 0.120. The molecule has 5 rings (SSSR count). The third-order valence-electron chi connectivity index (χ3n) is 4.64. The Labute approximate surface area is 164 Å². The maximum atomic E-state index is 13.8. The van der Waals surface area contributed by atoms with E-state index in [-0.39, 0.29) is 19.2 Å². The van der Waals surface area contributed by atoms with Crippen LogP contribution >= 0.6 is 0 Å². The van der Waals surface area contributed by atoms with Crippen molar-refractivity contribution in [3.05, 3.63) is 77.9 Å². The molecule has 29 heavy (non-hydrogen) atoms. The van der Waals surface area contributed by atoms with Gasteiger partial charge < -0.3 is 14.8 Å². The highest BCUT2D eigenvalue weighted by Gasteiger charge is 2.20. The Morgan fingerprint density at radius 3 is 2.76 bits per heavy atom. The van der Waals surface area contributed by atoms with E-state index in [9.17, 15) is 9.18 Å². The fourth-order valence-electron chi connectivity index (χ4n) is 3.25. The lowest BCUT2D eigenvalue weighted by atomic mass is 10.1. The van der Waals surface area contributed by atoms with Gasteiger partial charge in [-0.15, -0.1) is 5.10 Å². The number of carbonyl (C=O) groups excluding carboxylic acids is 1. The number of nitrogens with one attached hydrogen (secondary N) is 1. The standard InChI is InChI=1S/C21H15FN4O3/c22-18-8-9-19-24-20(14-6-7-16-17(10-14)29-12-28-16)15(26(19)25-18)11-23-21(27)13-4-2-1-3-5-13/h1-10H,11-12H2,(H,23,27). The van der Waals surface area contributed by atoms with Crippen LogP contribution in [0.25, 0.3) is 16.9 Å². The second-order valence-corrected chi connectivity index (χ2v) is 6.45. The molecule has 8 heteroatoms. The van der Waals surface area contributed by atoms with Crippen LogP contribution in [0.3, 0.4) is 0 Å². The van der Waals surface area contributed by atoms with E-state index in [1.807, 2.05) is 18.2 Å². The summed E-state index contributed by atoms with van der Waals surface area (Å²) in [6, 6.07) is 17.1. The summed E-state index contributed by atoms with van der Waals surface area (Å²) in [5, 5.41) is 6.78. The van der Waals surface area contributed by atoms with E-state index >= 15 is 0 Å². The Bertz CT molecular complexity index is 1220. The van der Waals surface area contributed by atoms with E-state index in [1.165, 1.54) is 10.6 Å². The third-order valence-corrected chi connectivity index (χ3v) is 4.64. The zero-order valence-corrected chi connectivity index (χ0v) is 15.1. The summed E-state index contributed by atoms with van der Waals surface area (Å²) in [7, 11) is 0. The second-order valence-electron chi connectivity index (χ2n) is 6.45. The van der Waals surface area contributed by atoms with E-state index in [0.29, 0.717) is 34.1 Å². The van der Waals surface area contributed by atoms with Crippen LogP contribution in [0.1, 0.15) is 16.1 Å². The quantitative estimate of drug-likeness (QED) is 0.579. The van der Waals surface area contributed by atoms with Crippen molar-refractivity contribution >= 4 is 11.6 Å². The molecular weight excluding hydrogens is 375 g/mol. The molecule has 0 saturated heterocycles. The third kappa shape index (κ3) is 3.14. The number of fused-ring (bicyclic) bond motifs is 2. The molecule has 4 aromatic rings. The van der Waals surface area contributed by atoms with Crippen LogP contribution in [-0.2, 0) is 6.54 Å². The maximum absolute atomic E-state index is 13.8. The summed E-state index contributed by atoms with van der Waals surface area (Å²) in [4.78, 5) is 17.1. The molecule has 0 radical (unpaired) electrons. The number of imidazole rings is 1. The van der Waals surface area contributed by atoms with Crippen LogP contribution in [0.5, 0.6) is 11.5 Å². The summed E-state index contributed by atoms with van der Waals surface area (Å²) in [6.07, 6.45) is 0. The number of amides is 1. The van der Waals surface area contributed by atoms with Crippen LogP contribution in [-0.4, -0.2) is 27.3 Å². The molecule has 144 valence electrons. The van der Waals surface area contributed by atoms with Gasteiger partial charge in [0.1, 0.15) is 0 Å². The fraction of sp³-hybridized carbons (Fsp3) is 0.0952. The average Bonchev–Trinajstić information content (AvgIpc) is 3.36. The molecule has 0 spiro atoms. The van der Waals surface area contributed by atoms with Crippen molar-refractivity contribution in [3.63, 3.8) is 0 Å². The number of ether oxygens (including phenoxy) is 2. The zero-order valence-electron chi connectivity index (χ0n) is 15.1. The highest BCUT2D eigenvalue weighted by Crippen LogP contribution is 2.36. The molecule has 0 aliphatic carbocycles. The normalized spacial score (nSPS) is 12.3. The SMILES string of the molecule is O=C(NCc1c(-c2ccc3c(c2)OCO3)nc2ccc(F)nn12)c1ccccc1. The number of carbonyl (C=O) groups is 1. The van der Waals surface area contributed by atoms with Gasteiger partial charge in [-0.2, -0.15) is 4.39 Å². The number of rotatable bonds is 4. The van der Waals surface area contributed by atoms with Crippen molar-refractivity contribution in [1.29, 1.82) is 0 Å². The minimum atomic E-state index is -0.636. The van der Waals surface area contributed by atoms with E-state index in [1.54, 1.807) is 36.4 Å². The molecule has 7 nitrogen and oxygen atoms in total. The van der Waals surface area contributed by atoms with Gasteiger partial charge in [0.25, 0.3) is 5.91 Å². The van der Waals surface area contributed by atoms with Crippen LogP contribution < -0.4 is 14.8 Å². The predicted molar refractivity (Wildman–Crippen MR) is 102 cm³/mol. The molecule has 0 unspecified atom stereocenters. The average molecular weight is 390 g/mol. The summed E-state index contributed by atoms with van der Waals surface area (Å²) in [6.45, 7) is 0.284. The Morgan fingerprint density at radius 2 is 1.90 bits per heavy atom. The van der Waals surface area contributed by atoms with E-state index in [4.69, 9.17) is 9.47 Å².